The zero-order chi connectivity index (χ0) is 18.3. The van der Waals surface area contributed by atoms with Gasteiger partial charge in [0.1, 0.15) is 5.69 Å². The first-order valence-corrected chi connectivity index (χ1v) is 9.00. The van der Waals surface area contributed by atoms with E-state index in [1.54, 1.807) is 24.4 Å². The van der Waals surface area contributed by atoms with Crippen LogP contribution >= 0.6 is 27.5 Å². The molecule has 2 aromatic carbocycles. The van der Waals surface area contributed by atoms with Gasteiger partial charge in [-0.3, -0.25) is 9.56 Å². The van der Waals surface area contributed by atoms with Crippen molar-refractivity contribution < 1.29 is 5.11 Å². The summed E-state index contributed by atoms with van der Waals surface area (Å²) in [5.41, 5.74) is 3.44. The molecule has 26 heavy (non-hydrogen) atoms. The molecule has 0 bridgehead atoms. The van der Waals surface area contributed by atoms with E-state index in [4.69, 9.17) is 11.6 Å². The molecule has 130 valence electrons. The first-order chi connectivity index (χ1) is 12.5. The van der Waals surface area contributed by atoms with Gasteiger partial charge in [-0.2, -0.15) is 0 Å². The molecule has 1 aliphatic rings. The number of nitrogens with zero attached hydrogens (tertiary/aromatic N) is 2. The topological polar surface area (TPSA) is 70.4 Å². The van der Waals surface area contributed by atoms with Crippen LogP contribution in [0.5, 0.6) is 5.88 Å². The molecule has 1 aromatic heterocycles. The lowest BCUT2D eigenvalue weighted by atomic mass is 10.1. The van der Waals surface area contributed by atoms with Gasteiger partial charge >= 0.3 is 5.69 Å². The number of aromatic hydroxyl groups is 1. The van der Waals surface area contributed by atoms with E-state index in [9.17, 15) is 9.90 Å². The highest BCUT2D eigenvalue weighted by Crippen LogP contribution is 2.35. The number of halogens is 2. The molecule has 4 rings (SSSR count). The number of allylic oxidation sites excluding steroid dienone is 1. The average Bonchev–Trinajstić information content (AvgIpc) is 3.12. The predicted octanol–water partition coefficient (Wildman–Crippen LogP) is 4.60. The number of aromatic nitrogens is 2. The van der Waals surface area contributed by atoms with Gasteiger partial charge in [0.05, 0.1) is 12.2 Å². The first-order valence-electron chi connectivity index (χ1n) is 7.83. The lowest BCUT2D eigenvalue weighted by Gasteiger charge is -2.04. The van der Waals surface area contributed by atoms with Gasteiger partial charge in [-0.15, -0.1) is 0 Å². The van der Waals surface area contributed by atoms with Gasteiger partial charge in [-0.25, -0.2) is 4.79 Å². The molecule has 3 aromatic rings. The zero-order valence-corrected chi connectivity index (χ0v) is 15.8. The minimum absolute atomic E-state index is 0.114. The summed E-state index contributed by atoms with van der Waals surface area (Å²) >= 11 is 9.30. The molecule has 2 N–H and O–H groups in total. The van der Waals surface area contributed by atoms with Gasteiger partial charge in [-0.1, -0.05) is 45.7 Å². The Labute approximate surface area is 162 Å². The van der Waals surface area contributed by atoms with Crippen molar-refractivity contribution in [2.75, 3.05) is 0 Å². The molecule has 0 unspecified atom stereocenters. The van der Waals surface area contributed by atoms with Gasteiger partial charge in [0.25, 0.3) is 0 Å². The molecule has 7 heteroatoms. The van der Waals surface area contributed by atoms with Gasteiger partial charge in [-0.05, 0) is 35.9 Å². The highest BCUT2D eigenvalue weighted by atomic mass is 79.9. The number of hydrogen-bond acceptors (Lipinski definition) is 3. The second kappa shape index (κ2) is 6.63. The summed E-state index contributed by atoms with van der Waals surface area (Å²) in [6, 6.07) is 12.9. The number of fused-ring (bicyclic) bond motifs is 1. The molecule has 0 saturated carbocycles. The van der Waals surface area contributed by atoms with Crippen molar-refractivity contribution in [3.05, 3.63) is 79.3 Å². The molecule has 0 aliphatic carbocycles. The number of aliphatic imine (C=N–C) groups is 1. The maximum atomic E-state index is 12.2. The quantitative estimate of drug-likeness (QED) is 0.637. The van der Waals surface area contributed by atoms with Crippen LogP contribution in [0.2, 0.25) is 5.02 Å². The molecule has 0 saturated heterocycles. The second-order valence-corrected chi connectivity index (χ2v) is 7.25. The van der Waals surface area contributed by atoms with Crippen LogP contribution in [0, 0.1) is 0 Å². The fourth-order valence-electron chi connectivity index (χ4n) is 2.83. The van der Waals surface area contributed by atoms with E-state index in [0.717, 1.165) is 26.9 Å². The molecule has 0 atom stereocenters. The zero-order valence-electron chi connectivity index (χ0n) is 13.4. The van der Waals surface area contributed by atoms with Crippen molar-refractivity contribution in [1.29, 1.82) is 0 Å². The third kappa shape index (κ3) is 3.13. The third-order valence-electron chi connectivity index (χ3n) is 4.15. The number of H-pyrrole nitrogens is 1. The Morgan fingerprint density at radius 3 is 2.77 bits per heavy atom. The van der Waals surface area contributed by atoms with E-state index in [2.05, 4.69) is 25.9 Å². The van der Waals surface area contributed by atoms with Crippen molar-refractivity contribution in [1.82, 2.24) is 9.55 Å². The highest BCUT2D eigenvalue weighted by molar-refractivity contribution is 9.10. The number of rotatable bonds is 3. The molecule has 2 heterocycles. The molecule has 0 fully saturated rings. The molecule has 0 amide bonds. The van der Waals surface area contributed by atoms with E-state index in [1.165, 1.54) is 4.57 Å². The Kier molecular flexibility index (Phi) is 4.30. The van der Waals surface area contributed by atoms with Crippen molar-refractivity contribution >= 4 is 51.1 Å². The number of hydrogen-bond donors (Lipinski definition) is 2. The van der Waals surface area contributed by atoms with Crippen LogP contribution in [0.25, 0.3) is 11.6 Å². The normalized spacial score (nSPS) is 14.2. The van der Waals surface area contributed by atoms with Crippen LogP contribution < -0.4 is 5.69 Å². The van der Waals surface area contributed by atoms with Crippen LogP contribution in [0.3, 0.4) is 0 Å². The Hall–Kier alpha value is -2.57. The molecule has 1 aliphatic heterocycles. The van der Waals surface area contributed by atoms with Crippen molar-refractivity contribution in [2.24, 2.45) is 4.99 Å². The standard InChI is InChI=1S/C19H13BrClN3O2/c20-13-3-6-15-12(9-22-16(15)8-13)7-17-18(25)24(19(26)23-17)10-11-1-4-14(21)5-2-11/h1-9,25H,10H2,(H,23,26). The summed E-state index contributed by atoms with van der Waals surface area (Å²) in [5.74, 6) is -0.114. The first kappa shape index (κ1) is 16.9. The van der Waals surface area contributed by atoms with Crippen molar-refractivity contribution in [2.45, 2.75) is 6.54 Å². The molecule has 0 spiro atoms. The Morgan fingerprint density at radius 2 is 2.00 bits per heavy atom. The van der Waals surface area contributed by atoms with Crippen molar-refractivity contribution in [3.63, 3.8) is 0 Å². The Morgan fingerprint density at radius 1 is 1.23 bits per heavy atom. The highest BCUT2D eigenvalue weighted by Gasteiger charge is 2.16. The maximum Gasteiger partial charge on any atom is 0.329 e. The van der Waals surface area contributed by atoms with E-state index < -0.39 is 0 Å². The minimum Gasteiger partial charge on any atom is -0.493 e. The summed E-state index contributed by atoms with van der Waals surface area (Å²) in [7, 11) is 0. The number of imidazole rings is 1. The van der Waals surface area contributed by atoms with Crippen LogP contribution in [0.4, 0.5) is 5.69 Å². The molecular weight excluding hydrogens is 418 g/mol. The lowest BCUT2D eigenvalue weighted by molar-refractivity contribution is 0.420. The fraction of sp³-hybridized carbons (Fsp3) is 0.0526. The van der Waals surface area contributed by atoms with Crippen LogP contribution in [0.15, 0.2) is 56.7 Å². The van der Waals surface area contributed by atoms with Gasteiger partial charge in [0, 0.05) is 26.8 Å². The van der Waals surface area contributed by atoms with E-state index in [-0.39, 0.29) is 18.1 Å². The SMILES string of the molecule is O=c1[nH]c(C=C2C=Nc3cc(Br)ccc32)c(O)n1Cc1ccc(Cl)cc1. The van der Waals surface area contributed by atoms with Gasteiger partial charge < -0.3 is 10.1 Å². The number of aromatic amines is 1. The summed E-state index contributed by atoms with van der Waals surface area (Å²) in [6.45, 7) is 0.249. The lowest BCUT2D eigenvalue weighted by Crippen LogP contribution is -2.17. The third-order valence-corrected chi connectivity index (χ3v) is 4.90. The second-order valence-electron chi connectivity index (χ2n) is 5.90. The van der Waals surface area contributed by atoms with Crippen LogP contribution in [-0.2, 0) is 6.54 Å². The van der Waals surface area contributed by atoms with E-state index in [0.29, 0.717) is 10.7 Å². The number of nitrogens with one attached hydrogen (secondary N) is 1. The van der Waals surface area contributed by atoms with Gasteiger partial charge in [0.2, 0.25) is 5.88 Å². The van der Waals surface area contributed by atoms with Crippen molar-refractivity contribution in [3.8, 4) is 5.88 Å². The minimum atomic E-state index is -0.379. The molecular formula is C19H13BrClN3O2. The van der Waals surface area contributed by atoms with E-state index >= 15 is 0 Å². The monoisotopic (exact) mass is 429 g/mol. The fourth-order valence-corrected chi connectivity index (χ4v) is 3.31. The average molecular weight is 431 g/mol. The Bertz CT molecular complexity index is 1110. The van der Waals surface area contributed by atoms with E-state index in [1.807, 2.05) is 30.3 Å². The van der Waals surface area contributed by atoms with Crippen LogP contribution in [-0.4, -0.2) is 20.9 Å². The summed E-state index contributed by atoms with van der Waals surface area (Å²) < 4.78 is 2.23. The van der Waals surface area contributed by atoms with Gasteiger partial charge in [0.15, 0.2) is 0 Å². The number of benzene rings is 2. The molecule has 0 radical (unpaired) electrons. The largest absolute Gasteiger partial charge is 0.493 e. The summed E-state index contributed by atoms with van der Waals surface area (Å²) in [6.07, 6.45) is 3.43. The summed E-state index contributed by atoms with van der Waals surface area (Å²) in [4.78, 5) is 19.3. The predicted molar refractivity (Wildman–Crippen MR) is 107 cm³/mol. The van der Waals surface area contributed by atoms with Crippen LogP contribution in [0.1, 0.15) is 16.8 Å². The molecule has 5 nitrogen and oxygen atoms in total. The maximum absolute atomic E-state index is 12.2. The Balaban J connectivity index is 1.69. The smallest absolute Gasteiger partial charge is 0.329 e. The summed E-state index contributed by atoms with van der Waals surface area (Å²) in [5, 5.41) is 11.1.